The van der Waals surface area contributed by atoms with E-state index in [1.807, 2.05) is 4.90 Å². The van der Waals surface area contributed by atoms with Crippen LogP contribution in [0, 0.1) is 0 Å². The minimum Gasteiger partial charge on any atom is -0.469 e. The predicted molar refractivity (Wildman–Crippen MR) is 79.0 cm³/mol. The second-order valence-electron chi connectivity index (χ2n) is 6.20. The van der Waals surface area contributed by atoms with E-state index in [-0.39, 0.29) is 18.1 Å². The summed E-state index contributed by atoms with van der Waals surface area (Å²) in [5.41, 5.74) is 0. The van der Waals surface area contributed by atoms with E-state index in [9.17, 15) is 4.79 Å². The normalized spacial score (nSPS) is 30.5. The summed E-state index contributed by atoms with van der Waals surface area (Å²) in [4.78, 5) is 21.3. The van der Waals surface area contributed by atoms with Crippen LogP contribution in [0.1, 0.15) is 39.0 Å². The van der Waals surface area contributed by atoms with Crippen molar-refractivity contribution in [3.8, 4) is 0 Å². The standard InChI is InChI=1S/C15H25N3O3/c1-12(19)18-9-5-6-14(18)15-16-20-11-13(21-15)10-17-7-3-2-4-8-17/h13-14H,2-11H2,1H3. The van der Waals surface area contributed by atoms with E-state index < -0.39 is 0 Å². The van der Waals surface area contributed by atoms with Crippen LogP contribution < -0.4 is 0 Å². The fraction of sp³-hybridized carbons (Fsp3) is 0.867. The molecule has 0 radical (unpaired) electrons. The van der Waals surface area contributed by atoms with Crippen LogP contribution in [0.2, 0.25) is 0 Å². The molecule has 0 N–H and O–H groups in total. The smallest absolute Gasteiger partial charge is 0.249 e. The molecule has 3 aliphatic rings. The van der Waals surface area contributed by atoms with Gasteiger partial charge in [-0.1, -0.05) is 6.42 Å². The molecule has 0 bridgehead atoms. The Kier molecular flexibility index (Phi) is 4.63. The molecule has 6 heteroatoms. The van der Waals surface area contributed by atoms with E-state index in [4.69, 9.17) is 9.57 Å². The number of hydrogen-bond acceptors (Lipinski definition) is 5. The van der Waals surface area contributed by atoms with Gasteiger partial charge >= 0.3 is 0 Å². The second kappa shape index (κ2) is 6.64. The van der Waals surface area contributed by atoms with Gasteiger partial charge in [0.15, 0.2) is 6.61 Å². The molecular formula is C15H25N3O3. The number of piperidine rings is 1. The highest BCUT2D eigenvalue weighted by molar-refractivity contribution is 5.87. The maximum Gasteiger partial charge on any atom is 0.249 e. The summed E-state index contributed by atoms with van der Waals surface area (Å²) in [7, 11) is 0. The molecule has 3 aliphatic heterocycles. The van der Waals surface area contributed by atoms with Crippen molar-refractivity contribution in [3.63, 3.8) is 0 Å². The van der Waals surface area contributed by atoms with Crippen molar-refractivity contribution in [2.45, 2.75) is 51.2 Å². The number of carbonyl (C=O) groups excluding carboxylic acids is 1. The number of carbonyl (C=O) groups is 1. The van der Waals surface area contributed by atoms with Gasteiger partial charge in [-0.3, -0.25) is 9.69 Å². The molecular weight excluding hydrogens is 270 g/mol. The Morgan fingerprint density at radius 2 is 2.05 bits per heavy atom. The lowest BCUT2D eigenvalue weighted by Crippen LogP contribution is -2.47. The monoisotopic (exact) mass is 295 g/mol. The van der Waals surface area contributed by atoms with Gasteiger partial charge in [-0.15, -0.1) is 0 Å². The van der Waals surface area contributed by atoms with Crippen molar-refractivity contribution >= 4 is 11.8 Å². The topological polar surface area (TPSA) is 54.4 Å². The van der Waals surface area contributed by atoms with E-state index >= 15 is 0 Å². The van der Waals surface area contributed by atoms with Gasteiger partial charge in [-0.25, -0.2) is 0 Å². The molecule has 0 aromatic heterocycles. The first-order valence-electron chi connectivity index (χ1n) is 8.10. The first kappa shape index (κ1) is 14.6. The third-order valence-corrected chi connectivity index (χ3v) is 4.56. The largest absolute Gasteiger partial charge is 0.469 e. The van der Waals surface area contributed by atoms with Gasteiger partial charge in [-0.05, 0) is 43.9 Å². The lowest BCUT2D eigenvalue weighted by molar-refractivity contribution is -0.129. The van der Waals surface area contributed by atoms with E-state index in [0.717, 1.165) is 39.0 Å². The molecule has 2 unspecified atom stereocenters. The molecule has 0 spiro atoms. The van der Waals surface area contributed by atoms with Crippen LogP contribution in [0.15, 0.2) is 5.16 Å². The molecule has 2 saturated heterocycles. The van der Waals surface area contributed by atoms with Crippen LogP contribution in [0.25, 0.3) is 0 Å². The van der Waals surface area contributed by atoms with Gasteiger partial charge in [0.2, 0.25) is 11.8 Å². The van der Waals surface area contributed by atoms with E-state index in [0.29, 0.717) is 12.5 Å². The third kappa shape index (κ3) is 3.48. The zero-order valence-electron chi connectivity index (χ0n) is 12.8. The third-order valence-electron chi connectivity index (χ3n) is 4.56. The number of nitrogens with zero attached hydrogens (tertiary/aromatic N) is 3. The van der Waals surface area contributed by atoms with E-state index in [1.165, 1.54) is 19.3 Å². The van der Waals surface area contributed by atoms with Crippen molar-refractivity contribution < 1.29 is 14.4 Å². The Balaban J connectivity index is 1.57. The minimum atomic E-state index is -0.0355. The van der Waals surface area contributed by atoms with Crippen LogP contribution >= 0.6 is 0 Å². The van der Waals surface area contributed by atoms with E-state index in [1.54, 1.807) is 6.92 Å². The van der Waals surface area contributed by atoms with Crippen molar-refractivity contribution in [2.75, 3.05) is 32.8 Å². The van der Waals surface area contributed by atoms with Gasteiger partial charge in [0.1, 0.15) is 12.1 Å². The highest BCUT2D eigenvalue weighted by Crippen LogP contribution is 2.22. The quantitative estimate of drug-likeness (QED) is 0.785. The van der Waals surface area contributed by atoms with Crippen LogP contribution in [0.3, 0.4) is 0 Å². The van der Waals surface area contributed by atoms with Crippen molar-refractivity contribution in [1.29, 1.82) is 0 Å². The number of likely N-dealkylation sites (tertiary alicyclic amines) is 2. The molecule has 6 nitrogen and oxygen atoms in total. The molecule has 3 heterocycles. The molecule has 1 amide bonds. The molecule has 0 aliphatic carbocycles. The molecule has 0 saturated carbocycles. The van der Waals surface area contributed by atoms with Crippen LogP contribution in [-0.2, 0) is 14.4 Å². The highest BCUT2D eigenvalue weighted by atomic mass is 16.7. The molecule has 2 fully saturated rings. The summed E-state index contributed by atoms with van der Waals surface area (Å²) in [5, 5.41) is 4.07. The summed E-state index contributed by atoms with van der Waals surface area (Å²) < 4.78 is 6.04. The maximum atomic E-state index is 11.7. The Morgan fingerprint density at radius 3 is 2.81 bits per heavy atom. The Hall–Kier alpha value is -1.30. The summed E-state index contributed by atoms with van der Waals surface area (Å²) in [6.07, 6.45) is 5.83. The first-order valence-corrected chi connectivity index (χ1v) is 8.10. The fourth-order valence-electron chi connectivity index (χ4n) is 3.47. The van der Waals surface area contributed by atoms with E-state index in [2.05, 4.69) is 10.1 Å². The van der Waals surface area contributed by atoms with Gasteiger partial charge < -0.3 is 14.5 Å². The summed E-state index contributed by atoms with van der Waals surface area (Å²) in [6.45, 7) is 6.09. The van der Waals surface area contributed by atoms with Gasteiger partial charge in [-0.2, -0.15) is 0 Å². The van der Waals surface area contributed by atoms with Crippen molar-refractivity contribution in [1.82, 2.24) is 9.80 Å². The Labute approximate surface area is 126 Å². The van der Waals surface area contributed by atoms with Gasteiger partial charge in [0.25, 0.3) is 0 Å². The molecule has 3 rings (SSSR count). The highest BCUT2D eigenvalue weighted by Gasteiger charge is 2.35. The fourth-order valence-corrected chi connectivity index (χ4v) is 3.47. The first-order chi connectivity index (χ1) is 10.2. The van der Waals surface area contributed by atoms with Crippen LogP contribution in [-0.4, -0.2) is 66.5 Å². The minimum absolute atomic E-state index is 0.0324. The number of rotatable bonds is 3. The van der Waals surface area contributed by atoms with Crippen molar-refractivity contribution in [3.05, 3.63) is 0 Å². The Bertz CT molecular complexity index is 407. The SMILES string of the molecule is CC(=O)N1CCCC1C1=NOCC(CN2CCCCC2)O1. The lowest BCUT2D eigenvalue weighted by Gasteiger charge is -2.33. The zero-order chi connectivity index (χ0) is 14.7. The second-order valence-corrected chi connectivity index (χ2v) is 6.20. The molecule has 118 valence electrons. The number of hydrogen-bond donors (Lipinski definition) is 0. The van der Waals surface area contributed by atoms with Gasteiger partial charge in [0.05, 0.1) is 0 Å². The summed E-state index contributed by atoms with van der Waals surface area (Å²) in [5.74, 6) is 0.679. The van der Waals surface area contributed by atoms with Gasteiger partial charge in [0, 0.05) is 20.0 Å². The average Bonchev–Trinajstić information content (AvgIpc) is 2.98. The summed E-state index contributed by atoms with van der Waals surface area (Å²) >= 11 is 0. The molecule has 0 aromatic carbocycles. The van der Waals surface area contributed by atoms with Crippen LogP contribution in [0.4, 0.5) is 0 Å². The predicted octanol–water partition coefficient (Wildman–Crippen LogP) is 1.21. The van der Waals surface area contributed by atoms with Crippen molar-refractivity contribution in [2.24, 2.45) is 5.16 Å². The number of amides is 1. The number of ether oxygens (including phenoxy) is 1. The molecule has 2 atom stereocenters. The summed E-state index contributed by atoms with van der Waals surface area (Å²) in [6, 6.07) is -0.0355. The molecule has 0 aromatic rings. The number of oxime groups is 1. The zero-order valence-corrected chi connectivity index (χ0v) is 12.8. The lowest BCUT2D eigenvalue weighted by atomic mass is 10.1. The molecule has 21 heavy (non-hydrogen) atoms. The average molecular weight is 295 g/mol. The maximum absolute atomic E-state index is 11.7. The van der Waals surface area contributed by atoms with Crippen LogP contribution in [0.5, 0.6) is 0 Å². The Morgan fingerprint density at radius 1 is 1.24 bits per heavy atom.